The zero-order valence-corrected chi connectivity index (χ0v) is 19.3. The normalized spacial score (nSPS) is 22.5. The van der Waals surface area contributed by atoms with Crippen LogP contribution in [0.1, 0.15) is 71.4 Å². The largest absolute Gasteiger partial charge is 0.462 e. The van der Waals surface area contributed by atoms with E-state index in [0.29, 0.717) is 35.8 Å². The van der Waals surface area contributed by atoms with Crippen LogP contribution in [0.5, 0.6) is 0 Å². The van der Waals surface area contributed by atoms with Crippen molar-refractivity contribution in [1.29, 1.82) is 0 Å². The molecule has 1 aliphatic heterocycles. The molecule has 1 heterocycles. The van der Waals surface area contributed by atoms with E-state index in [9.17, 15) is 4.79 Å². The standard InChI is InChI=1S/C24H36O3Si/c1-16(2)28(17(3)4,18(5)6)27-15-21-14-26-24(25)23(19-11-12-19)13-20-9-7-8-10-22(20)21/h7-10,13,16-19,21H,11-12,14-15H2,1-6H3/b23-13-. The number of hydrogen-bond acceptors (Lipinski definition) is 3. The highest BCUT2D eigenvalue weighted by molar-refractivity contribution is 6.77. The van der Waals surface area contributed by atoms with Crippen molar-refractivity contribution in [2.45, 2.75) is 76.9 Å². The molecule has 1 aliphatic carbocycles. The summed E-state index contributed by atoms with van der Waals surface area (Å²) in [6.07, 6.45) is 4.27. The second kappa shape index (κ2) is 8.54. The Kier molecular flexibility index (Phi) is 6.50. The molecule has 154 valence electrons. The number of esters is 1. The van der Waals surface area contributed by atoms with Gasteiger partial charge in [0.05, 0.1) is 0 Å². The SMILES string of the molecule is CC(C)[Si](OCC1COC(=O)/C(C2CC2)=C\c2ccccc21)(C(C)C)C(C)C. The Balaban J connectivity index is 1.90. The van der Waals surface area contributed by atoms with E-state index in [0.717, 1.165) is 24.0 Å². The molecule has 0 bridgehead atoms. The number of carbonyl (C=O) groups excluding carboxylic acids is 1. The van der Waals surface area contributed by atoms with Crippen LogP contribution in [0.15, 0.2) is 29.8 Å². The lowest BCUT2D eigenvalue weighted by Gasteiger charge is -2.43. The molecule has 2 aliphatic rings. The molecule has 0 saturated heterocycles. The maximum atomic E-state index is 12.6. The van der Waals surface area contributed by atoms with Crippen molar-refractivity contribution in [3.8, 4) is 0 Å². The van der Waals surface area contributed by atoms with Crippen LogP contribution in [0.4, 0.5) is 0 Å². The third-order valence-electron chi connectivity index (χ3n) is 6.66. The Hall–Kier alpha value is -1.39. The van der Waals surface area contributed by atoms with E-state index in [1.54, 1.807) is 0 Å². The molecule has 0 aromatic heterocycles. The molecular weight excluding hydrogens is 364 g/mol. The van der Waals surface area contributed by atoms with Crippen LogP contribution >= 0.6 is 0 Å². The zero-order chi connectivity index (χ0) is 20.5. The molecule has 0 spiro atoms. The van der Waals surface area contributed by atoms with E-state index in [4.69, 9.17) is 9.16 Å². The minimum absolute atomic E-state index is 0.0836. The van der Waals surface area contributed by atoms with Crippen molar-refractivity contribution in [3.05, 3.63) is 41.0 Å². The molecule has 3 nitrogen and oxygen atoms in total. The Morgan fingerprint density at radius 1 is 1.04 bits per heavy atom. The minimum atomic E-state index is -1.96. The van der Waals surface area contributed by atoms with Crippen LogP contribution < -0.4 is 0 Å². The van der Waals surface area contributed by atoms with Crippen molar-refractivity contribution in [1.82, 2.24) is 0 Å². The summed E-state index contributed by atoms with van der Waals surface area (Å²) in [6, 6.07) is 8.44. The predicted molar refractivity (Wildman–Crippen MR) is 118 cm³/mol. The first-order valence-electron chi connectivity index (χ1n) is 10.9. The smallest absolute Gasteiger partial charge is 0.334 e. The molecule has 0 amide bonds. The molecule has 1 aromatic rings. The fraction of sp³-hybridized carbons (Fsp3) is 0.625. The van der Waals surface area contributed by atoms with Gasteiger partial charge >= 0.3 is 5.97 Å². The van der Waals surface area contributed by atoms with Gasteiger partial charge in [-0.1, -0.05) is 65.8 Å². The van der Waals surface area contributed by atoms with E-state index in [1.165, 1.54) is 5.56 Å². The van der Waals surface area contributed by atoms with Gasteiger partial charge in [-0.15, -0.1) is 0 Å². The Morgan fingerprint density at radius 3 is 2.21 bits per heavy atom. The summed E-state index contributed by atoms with van der Waals surface area (Å²) in [5.41, 5.74) is 4.87. The summed E-state index contributed by atoms with van der Waals surface area (Å²) in [5, 5.41) is 0. The lowest BCUT2D eigenvalue weighted by molar-refractivity contribution is -0.140. The van der Waals surface area contributed by atoms with Gasteiger partial charge in [-0.2, -0.15) is 0 Å². The Morgan fingerprint density at radius 2 is 1.64 bits per heavy atom. The molecule has 1 fully saturated rings. The van der Waals surface area contributed by atoms with Gasteiger partial charge in [-0.25, -0.2) is 4.79 Å². The van der Waals surface area contributed by atoms with Crippen LogP contribution in [-0.4, -0.2) is 27.5 Å². The first-order chi connectivity index (χ1) is 13.3. The minimum Gasteiger partial charge on any atom is -0.462 e. The number of carbonyl (C=O) groups is 1. The van der Waals surface area contributed by atoms with Crippen LogP contribution in [-0.2, 0) is 14.0 Å². The molecule has 3 rings (SSSR count). The van der Waals surface area contributed by atoms with Gasteiger partial charge in [0.25, 0.3) is 0 Å². The second-order valence-electron chi connectivity index (χ2n) is 9.43. The molecule has 1 aromatic carbocycles. The number of ether oxygens (including phenoxy) is 1. The highest BCUT2D eigenvalue weighted by atomic mass is 28.4. The van der Waals surface area contributed by atoms with Crippen molar-refractivity contribution >= 4 is 20.4 Å². The second-order valence-corrected chi connectivity index (χ2v) is 14.9. The molecule has 0 radical (unpaired) electrons. The van der Waals surface area contributed by atoms with Gasteiger partial charge in [-0.3, -0.25) is 0 Å². The number of rotatable bonds is 7. The summed E-state index contributed by atoms with van der Waals surface area (Å²) < 4.78 is 12.6. The first kappa shape index (κ1) is 21.3. The van der Waals surface area contributed by atoms with Crippen LogP contribution in [0.25, 0.3) is 6.08 Å². The maximum Gasteiger partial charge on any atom is 0.334 e. The Bertz CT molecular complexity index is 709. The van der Waals surface area contributed by atoms with Gasteiger partial charge < -0.3 is 9.16 Å². The molecule has 1 saturated carbocycles. The Labute approximate surface area is 171 Å². The van der Waals surface area contributed by atoms with Gasteiger partial charge in [0, 0.05) is 18.1 Å². The molecule has 1 unspecified atom stereocenters. The topological polar surface area (TPSA) is 35.5 Å². The van der Waals surface area contributed by atoms with E-state index in [2.05, 4.69) is 71.9 Å². The summed E-state index contributed by atoms with van der Waals surface area (Å²) in [6.45, 7) is 14.9. The van der Waals surface area contributed by atoms with Crippen molar-refractivity contribution in [3.63, 3.8) is 0 Å². The lowest BCUT2D eigenvalue weighted by atomic mass is 9.92. The maximum absolute atomic E-state index is 12.6. The van der Waals surface area contributed by atoms with E-state index in [1.807, 2.05) is 0 Å². The number of cyclic esters (lactones) is 1. The van der Waals surface area contributed by atoms with Gasteiger partial charge in [0.15, 0.2) is 8.32 Å². The first-order valence-corrected chi connectivity index (χ1v) is 13.0. The molecule has 28 heavy (non-hydrogen) atoms. The number of hydrogen-bond donors (Lipinski definition) is 0. The van der Waals surface area contributed by atoms with Crippen molar-refractivity contribution < 1.29 is 14.0 Å². The van der Waals surface area contributed by atoms with Gasteiger partial charge in [0.2, 0.25) is 0 Å². The van der Waals surface area contributed by atoms with Crippen LogP contribution in [0.2, 0.25) is 16.6 Å². The quantitative estimate of drug-likeness (QED) is 0.397. The molecule has 0 N–H and O–H groups in total. The van der Waals surface area contributed by atoms with E-state index >= 15 is 0 Å². The number of fused-ring (bicyclic) bond motifs is 1. The fourth-order valence-electron chi connectivity index (χ4n) is 5.15. The summed E-state index contributed by atoms with van der Waals surface area (Å²) in [4.78, 5) is 12.6. The average Bonchev–Trinajstić information content (AvgIpc) is 3.45. The van der Waals surface area contributed by atoms with Crippen LogP contribution in [0.3, 0.4) is 0 Å². The lowest BCUT2D eigenvalue weighted by Crippen LogP contribution is -2.48. The summed E-state index contributed by atoms with van der Waals surface area (Å²) >= 11 is 0. The van der Waals surface area contributed by atoms with E-state index in [-0.39, 0.29) is 11.9 Å². The zero-order valence-electron chi connectivity index (χ0n) is 18.3. The summed E-state index contributed by atoms with van der Waals surface area (Å²) in [5.74, 6) is 0.332. The predicted octanol–water partition coefficient (Wildman–Crippen LogP) is 6.31. The van der Waals surface area contributed by atoms with Crippen LogP contribution in [0, 0.1) is 5.92 Å². The average molecular weight is 401 g/mol. The van der Waals surface area contributed by atoms with E-state index < -0.39 is 8.32 Å². The third-order valence-corrected chi connectivity index (χ3v) is 12.7. The van der Waals surface area contributed by atoms with Crippen molar-refractivity contribution in [2.75, 3.05) is 13.2 Å². The highest BCUT2D eigenvalue weighted by Crippen LogP contribution is 2.44. The molecule has 1 atom stereocenters. The summed E-state index contributed by atoms with van der Waals surface area (Å²) in [7, 11) is -1.96. The highest BCUT2D eigenvalue weighted by Gasteiger charge is 2.45. The van der Waals surface area contributed by atoms with Gasteiger partial charge in [-0.05, 0) is 52.6 Å². The molecule has 4 heteroatoms. The molecular formula is C24H36O3Si. The number of benzene rings is 1. The third kappa shape index (κ3) is 4.13. The van der Waals surface area contributed by atoms with Crippen molar-refractivity contribution in [2.24, 2.45) is 5.92 Å². The monoisotopic (exact) mass is 400 g/mol. The fourth-order valence-corrected chi connectivity index (χ4v) is 10.6. The van der Waals surface area contributed by atoms with Gasteiger partial charge in [0.1, 0.15) is 6.61 Å².